The van der Waals surface area contributed by atoms with Crippen LogP contribution in [0.2, 0.25) is 0 Å². The molecule has 5 rings (SSSR count). The predicted molar refractivity (Wildman–Crippen MR) is 148 cm³/mol. The summed E-state index contributed by atoms with van der Waals surface area (Å²) in [7, 11) is 1.61. The van der Waals surface area contributed by atoms with Gasteiger partial charge in [-0.25, -0.2) is 0 Å². The first kappa shape index (κ1) is 31.2. The molecule has 13 heteroatoms. The van der Waals surface area contributed by atoms with Crippen LogP contribution in [0.15, 0.2) is 35.7 Å². The minimum Gasteiger partial charge on any atom is -0.496 e. The number of rotatable bonds is 6. The molecule has 4 heterocycles. The van der Waals surface area contributed by atoms with E-state index >= 15 is 0 Å². The Morgan fingerprint density at radius 2 is 1.43 bits per heavy atom. The lowest BCUT2D eigenvalue weighted by molar-refractivity contribution is -0.231. The van der Waals surface area contributed by atoms with Crippen molar-refractivity contribution in [2.24, 2.45) is 0 Å². The number of thiophene rings is 2. The van der Waals surface area contributed by atoms with Gasteiger partial charge in [-0.1, -0.05) is 6.07 Å². The summed E-state index contributed by atoms with van der Waals surface area (Å²) in [6.45, 7) is 0.758. The third kappa shape index (κ3) is 6.51. The molecule has 40 heavy (non-hydrogen) atoms. The molecule has 8 N–H and O–H groups in total. The Balaban J connectivity index is 0.000000259. The smallest absolute Gasteiger partial charge is 0.122 e. The van der Waals surface area contributed by atoms with Crippen LogP contribution in [0.1, 0.15) is 29.0 Å². The van der Waals surface area contributed by atoms with Crippen molar-refractivity contribution in [2.45, 2.75) is 74.4 Å². The van der Waals surface area contributed by atoms with Crippen LogP contribution in [-0.2, 0) is 15.9 Å². The summed E-state index contributed by atoms with van der Waals surface area (Å²) in [6, 6.07) is 9.74. The van der Waals surface area contributed by atoms with Crippen LogP contribution in [0.25, 0.3) is 9.40 Å². The van der Waals surface area contributed by atoms with Gasteiger partial charge in [-0.15, -0.1) is 22.7 Å². The average molecular weight is 601 g/mol. The quantitative estimate of drug-likeness (QED) is 0.189. The molecular weight excluding hydrogens is 564 g/mol. The van der Waals surface area contributed by atoms with E-state index in [1.54, 1.807) is 42.8 Å². The summed E-state index contributed by atoms with van der Waals surface area (Å²) in [5, 5.41) is 78.3. The molecule has 2 aliphatic heterocycles. The lowest BCUT2D eigenvalue weighted by Crippen LogP contribution is -2.57. The van der Waals surface area contributed by atoms with Crippen molar-refractivity contribution in [3.8, 4) is 5.75 Å². The Labute approximate surface area is 239 Å². The monoisotopic (exact) mass is 600 g/mol. The first-order valence-electron chi connectivity index (χ1n) is 12.8. The van der Waals surface area contributed by atoms with Crippen molar-refractivity contribution in [2.75, 3.05) is 20.3 Å². The summed E-state index contributed by atoms with van der Waals surface area (Å²) >= 11 is 3.44. The van der Waals surface area contributed by atoms with E-state index in [4.69, 9.17) is 19.3 Å². The van der Waals surface area contributed by atoms with Gasteiger partial charge in [0.05, 0.1) is 26.4 Å². The van der Waals surface area contributed by atoms with E-state index in [0.29, 0.717) is 12.0 Å². The fraction of sp³-hybridized carbons (Fsp3) is 0.556. The van der Waals surface area contributed by atoms with Gasteiger partial charge < -0.3 is 55.1 Å². The van der Waals surface area contributed by atoms with Gasteiger partial charge in [-0.3, -0.25) is 0 Å². The number of aliphatic hydroxyl groups is 8. The maximum Gasteiger partial charge on any atom is 0.122 e. The zero-order chi connectivity index (χ0) is 29.1. The second-order valence-electron chi connectivity index (χ2n) is 9.89. The highest BCUT2D eigenvalue weighted by Crippen LogP contribution is 2.37. The fourth-order valence-corrected chi connectivity index (χ4v) is 7.03. The maximum atomic E-state index is 10.4. The van der Waals surface area contributed by atoms with Crippen molar-refractivity contribution in [3.63, 3.8) is 0 Å². The highest BCUT2D eigenvalue weighted by atomic mass is 32.1. The highest BCUT2D eigenvalue weighted by Gasteiger charge is 2.44. The zero-order valence-corrected chi connectivity index (χ0v) is 23.6. The number of methoxy groups -OCH3 is 1. The van der Waals surface area contributed by atoms with Gasteiger partial charge >= 0.3 is 0 Å². The lowest BCUT2D eigenvalue weighted by Gasteiger charge is -2.40. The summed E-state index contributed by atoms with van der Waals surface area (Å²) < 4.78 is 18.7. The van der Waals surface area contributed by atoms with Crippen molar-refractivity contribution in [1.29, 1.82) is 0 Å². The molecule has 2 aliphatic rings. The molecule has 0 aliphatic carbocycles. The molecule has 0 bridgehead atoms. The molecule has 0 amide bonds. The number of benzene rings is 1. The largest absolute Gasteiger partial charge is 0.496 e. The molecule has 1 aromatic carbocycles. The van der Waals surface area contributed by atoms with E-state index < -0.39 is 67.6 Å². The van der Waals surface area contributed by atoms with Crippen LogP contribution >= 0.6 is 22.7 Å². The Kier molecular flexibility index (Phi) is 10.5. The van der Waals surface area contributed by atoms with Gasteiger partial charge in [0.1, 0.15) is 60.7 Å². The van der Waals surface area contributed by atoms with E-state index in [2.05, 4.69) is 17.5 Å². The van der Waals surface area contributed by atoms with Crippen LogP contribution < -0.4 is 4.74 Å². The zero-order valence-electron chi connectivity index (χ0n) is 22.0. The molecule has 0 unspecified atom stereocenters. The third-order valence-electron chi connectivity index (χ3n) is 7.21. The summed E-state index contributed by atoms with van der Waals surface area (Å²) in [4.78, 5) is 1.20. The van der Waals surface area contributed by atoms with E-state index in [-0.39, 0.29) is 6.61 Å². The molecule has 0 saturated carbocycles. The topological polar surface area (TPSA) is 190 Å². The average Bonchev–Trinajstić information content (AvgIpc) is 3.55. The first-order chi connectivity index (χ1) is 19.1. The Hall–Kier alpha value is -1.72. The number of hydrogen-bond acceptors (Lipinski definition) is 13. The first-order valence-corrected chi connectivity index (χ1v) is 14.5. The Morgan fingerprint density at radius 3 is 2.05 bits per heavy atom. The van der Waals surface area contributed by atoms with Gasteiger partial charge in [0.25, 0.3) is 0 Å². The standard InChI is InChI=1S/C20H22O6S2.C7H14O5/c1-25-13-3-2-10(20-19(24)18(23)17(22)14(9-21)26-20)6-11(13)7-12-8-16-15(28-12)4-5-27-16;1-3-5(9)7(11)6(10)4(2-8)12-3/h2-6,8,14,17-24H,7,9H2,1H3;3-11H,2H2,1H3/t14-,17-,18+,19-,20+;3-,4+,5-,6+,7+/m10/s1. The molecule has 2 saturated heterocycles. The van der Waals surface area contributed by atoms with Crippen LogP contribution in [0, 0.1) is 0 Å². The van der Waals surface area contributed by atoms with E-state index in [0.717, 1.165) is 11.3 Å². The molecular formula is C27H36O11S2. The maximum absolute atomic E-state index is 10.4. The van der Waals surface area contributed by atoms with E-state index in [1.807, 2.05) is 12.1 Å². The minimum atomic E-state index is -1.40. The van der Waals surface area contributed by atoms with Crippen molar-refractivity contribution >= 4 is 32.1 Å². The summed E-state index contributed by atoms with van der Waals surface area (Å²) in [5.74, 6) is 0.727. The molecule has 2 fully saturated rings. The SMILES string of the molecule is COc1ccc([C@@H]2O[C@H](CO)[C@@H](O)[C@H](O)[C@H]2O)cc1Cc1cc2sccc2s1.C[C@@H]1O[C@H](CO)[C@@H](O)[C@H](O)[C@H]1O. The highest BCUT2D eigenvalue weighted by molar-refractivity contribution is 7.26. The molecule has 0 spiro atoms. The number of hydrogen-bond donors (Lipinski definition) is 8. The molecule has 11 nitrogen and oxygen atoms in total. The molecule has 10 atom stereocenters. The van der Waals surface area contributed by atoms with Crippen LogP contribution in [0.5, 0.6) is 5.75 Å². The van der Waals surface area contributed by atoms with Crippen molar-refractivity contribution in [3.05, 3.63) is 51.7 Å². The van der Waals surface area contributed by atoms with E-state index in [9.17, 15) is 35.7 Å². The number of fused-ring (bicyclic) bond motifs is 1. The predicted octanol–water partition coefficient (Wildman–Crippen LogP) is -0.0742. The molecule has 3 aromatic rings. The van der Waals surface area contributed by atoms with Crippen LogP contribution in [0.3, 0.4) is 0 Å². The normalized spacial score (nSPS) is 34.4. The van der Waals surface area contributed by atoms with Crippen LogP contribution in [0.4, 0.5) is 0 Å². The second-order valence-corrected chi connectivity index (χ2v) is 12.0. The number of ether oxygens (including phenoxy) is 3. The second kappa shape index (κ2) is 13.5. The van der Waals surface area contributed by atoms with Gasteiger partial charge in [0.2, 0.25) is 0 Å². The van der Waals surface area contributed by atoms with Crippen LogP contribution in [-0.4, -0.2) is 116 Å². The fourth-order valence-electron chi connectivity index (χ4n) is 4.87. The summed E-state index contributed by atoms with van der Waals surface area (Å²) in [6.07, 6.45) is -10.1. The van der Waals surface area contributed by atoms with Crippen molar-refractivity contribution in [1.82, 2.24) is 0 Å². The van der Waals surface area contributed by atoms with E-state index in [1.165, 1.54) is 14.3 Å². The van der Waals surface area contributed by atoms with Gasteiger partial charge in [-0.2, -0.15) is 0 Å². The van der Waals surface area contributed by atoms with Gasteiger partial charge in [-0.05, 0) is 47.7 Å². The minimum absolute atomic E-state index is 0.366. The lowest BCUT2D eigenvalue weighted by atomic mass is 9.90. The number of aliphatic hydroxyl groups excluding tert-OH is 8. The Morgan fingerprint density at radius 1 is 0.775 bits per heavy atom. The Bertz CT molecular complexity index is 1200. The van der Waals surface area contributed by atoms with Crippen molar-refractivity contribution < 1.29 is 55.1 Å². The van der Waals surface area contributed by atoms with Gasteiger partial charge in [0, 0.05) is 20.7 Å². The third-order valence-corrected chi connectivity index (χ3v) is 9.30. The molecule has 222 valence electrons. The molecule has 2 aromatic heterocycles. The summed E-state index contributed by atoms with van der Waals surface area (Å²) in [5.41, 5.74) is 1.59. The van der Waals surface area contributed by atoms with Gasteiger partial charge in [0.15, 0.2) is 0 Å². The molecule has 0 radical (unpaired) electrons.